The van der Waals surface area contributed by atoms with Gasteiger partial charge in [-0.3, -0.25) is 14.4 Å². The smallest absolute Gasteiger partial charge is 0.267 e. The van der Waals surface area contributed by atoms with Crippen LogP contribution in [0, 0.1) is 0 Å². The van der Waals surface area contributed by atoms with E-state index in [1.807, 2.05) is 30.3 Å². The minimum atomic E-state index is -0.667. The highest BCUT2D eigenvalue weighted by Crippen LogP contribution is 2.31. The number of benzene rings is 2. The predicted octanol–water partition coefficient (Wildman–Crippen LogP) is 1.70. The zero-order valence-corrected chi connectivity index (χ0v) is 17.4. The molecule has 0 bridgehead atoms. The molecule has 0 saturated carbocycles. The lowest BCUT2D eigenvalue weighted by atomic mass is 10.1. The number of nitrogens with zero attached hydrogens (tertiary/aromatic N) is 2. The normalized spacial score (nSPS) is 17.8. The van der Waals surface area contributed by atoms with Gasteiger partial charge in [0.1, 0.15) is 6.61 Å². The average Bonchev–Trinajstić information content (AvgIpc) is 2.79. The van der Waals surface area contributed by atoms with Crippen LogP contribution in [-0.2, 0) is 20.8 Å². The number of hydrogen-bond acceptors (Lipinski definition) is 5. The second kappa shape index (κ2) is 9.07. The third kappa shape index (κ3) is 4.96. The molecule has 0 aliphatic carbocycles. The van der Waals surface area contributed by atoms with Crippen LogP contribution in [0.25, 0.3) is 0 Å². The van der Waals surface area contributed by atoms with E-state index in [4.69, 9.17) is 9.47 Å². The van der Waals surface area contributed by atoms with Crippen molar-refractivity contribution in [3.8, 4) is 11.5 Å². The number of anilines is 1. The molecule has 0 aromatic heterocycles. The molecule has 2 aromatic rings. The Bertz CT molecular complexity index is 967. The molecule has 0 radical (unpaired) electrons. The predicted molar refractivity (Wildman–Crippen MR) is 114 cm³/mol. The van der Waals surface area contributed by atoms with E-state index in [9.17, 15) is 14.4 Å². The summed E-state index contributed by atoms with van der Waals surface area (Å²) < 4.78 is 11.5. The van der Waals surface area contributed by atoms with E-state index < -0.39 is 6.10 Å². The third-order valence-corrected chi connectivity index (χ3v) is 5.36. The first-order valence-electron chi connectivity index (χ1n) is 10.3. The van der Waals surface area contributed by atoms with Crippen molar-refractivity contribution in [2.45, 2.75) is 19.4 Å². The number of amides is 3. The van der Waals surface area contributed by atoms with Gasteiger partial charge in [0, 0.05) is 38.8 Å². The molecule has 2 aliphatic heterocycles. The molecule has 1 saturated heterocycles. The summed E-state index contributed by atoms with van der Waals surface area (Å²) in [5, 5.41) is 2.71. The second-order valence-corrected chi connectivity index (χ2v) is 7.63. The topological polar surface area (TPSA) is 88.2 Å². The molecule has 1 fully saturated rings. The first-order valence-corrected chi connectivity index (χ1v) is 10.3. The minimum absolute atomic E-state index is 0.0190. The molecule has 8 nitrogen and oxygen atoms in total. The second-order valence-electron chi connectivity index (χ2n) is 7.63. The Hall–Kier alpha value is -3.55. The van der Waals surface area contributed by atoms with Gasteiger partial charge in [0.2, 0.25) is 17.9 Å². The molecule has 2 aliphatic rings. The summed E-state index contributed by atoms with van der Waals surface area (Å²) >= 11 is 0. The maximum Gasteiger partial charge on any atom is 0.267 e. The van der Waals surface area contributed by atoms with Crippen LogP contribution in [0.2, 0.25) is 0 Å². The minimum Gasteiger partial charge on any atom is -0.485 e. The van der Waals surface area contributed by atoms with Gasteiger partial charge in [-0.25, -0.2) is 0 Å². The molecule has 0 unspecified atom stereocenters. The monoisotopic (exact) mass is 423 g/mol. The van der Waals surface area contributed by atoms with Crippen LogP contribution in [0.15, 0.2) is 48.5 Å². The van der Waals surface area contributed by atoms with Crippen LogP contribution in [0.1, 0.15) is 12.5 Å². The maximum atomic E-state index is 12.8. The number of carbonyl (C=O) groups is 3. The Kier molecular flexibility index (Phi) is 6.06. The molecule has 2 aromatic carbocycles. The zero-order chi connectivity index (χ0) is 21.8. The van der Waals surface area contributed by atoms with Gasteiger partial charge in [-0.15, -0.1) is 0 Å². The number of hydrogen-bond donors (Lipinski definition) is 1. The number of piperazine rings is 1. The van der Waals surface area contributed by atoms with Crippen molar-refractivity contribution in [1.29, 1.82) is 0 Å². The molecular formula is C23H25N3O5. The molecule has 1 atom stereocenters. The average molecular weight is 423 g/mol. The lowest BCUT2D eigenvalue weighted by Gasteiger charge is -2.37. The first kappa shape index (κ1) is 20.7. The molecule has 8 heteroatoms. The van der Waals surface area contributed by atoms with Crippen molar-refractivity contribution in [1.82, 2.24) is 9.80 Å². The van der Waals surface area contributed by atoms with Gasteiger partial charge in [0.25, 0.3) is 5.91 Å². The van der Waals surface area contributed by atoms with Gasteiger partial charge in [-0.1, -0.05) is 24.3 Å². The molecule has 31 heavy (non-hydrogen) atoms. The Morgan fingerprint density at radius 1 is 0.935 bits per heavy atom. The Labute approximate surface area is 180 Å². The number of rotatable bonds is 4. The van der Waals surface area contributed by atoms with E-state index in [1.165, 1.54) is 6.92 Å². The number of ether oxygens (including phenoxy) is 2. The van der Waals surface area contributed by atoms with Crippen molar-refractivity contribution in [3.05, 3.63) is 54.1 Å². The van der Waals surface area contributed by atoms with Crippen LogP contribution in [-0.4, -0.2) is 66.4 Å². The summed E-state index contributed by atoms with van der Waals surface area (Å²) in [6.07, 6.45) is -0.385. The Balaban J connectivity index is 1.27. The summed E-state index contributed by atoms with van der Waals surface area (Å²) in [4.78, 5) is 40.1. The lowest BCUT2D eigenvalue weighted by molar-refractivity contribution is -0.146. The van der Waals surface area contributed by atoms with Gasteiger partial charge in [-0.2, -0.15) is 0 Å². The summed E-state index contributed by atoms with van der Waals surface area (Å²) in [5.74, 6) is 0.990. The Morgan fingerprint density at radius 2 is 1.58 bits per heavy atom. The summed E-state index contributed by atoms with van der Waals surface area (Å²) in [7, 11) is 0. The number of fused-ring (bicyclic) bond motifs is 1. The highest BCUT2D eigenvalue weighted by Gasteiger charge is 2.33. The highest BCUT2D eigenvalue weighted by atomic mass is 16.6. The molecular weight excluding hydrogens is 398 g/mol. The van der Waals surface area contributed by atoms with E-state index >= 15 is 0 Å². The van der Waals surface area contributed by atoms with Gasteiger partial charge >= 0.3 is 0 Å². The van der Waals surface area contributed by atoms with Gasteiger partial charge in [0.05, 0.1) is 6.42 Å². The van der Waals surface area contributed by atoms with E-state index in [2.05, 4.69) is 5.32 Å². The fraction of sp³-hybridized carbons (Fsp3) is 0.348. The summed E-state index contributed by atoms with van der Waals surface area (Å²) in [6.45, 7) is 3.54. The van der Waals surface area contributed by atoms with Gasteiger partial charge < -0.3 is 24.6 Å². The fourth-order valence-corrected chi connectivity index (χ4v) is 3.72. The molecule has 4 rings (SSSR count). The third-order valence-electron chi connectivity index (χ3n) is 5.36. The Morgan fingerprint density at radius 3 is 2.26 bits per heavy atom. The van der Waals surface area contributed by atoms with Crippen molar-refractivity contribution in [2.75, 3.05) is 38.1 Å². The van der Waals surface area contributed by atoms with E-state index in [0.717, 1.165) is 5.56 Å². The van der Waals surface area contributed by atoms with E-state index in [-0.39, 0.29) is 30.7 Å². The largest absolute Gasteiger partial charge is 0.485 e. The van der Waals surface area contributed by atoms with Crippen molar-refractivity contribution in [3.63, 3.8) is 0 Å². The van der Waals surface area contributed by atoms with Crippen LogP contribution >= 0.6 is 0 Å². The van der Waals surface area contributed by atoms with Crippen molar-refractivity contribution < 1.29 is 23.9 Å². The van der Waals surface area contributed by atoms with Gasteiger partial charge in [0.15, 0.2) is 11.5 Å². The first-order chi connectivity index (χ1) is 15.0. The number of nitrogens with one attached hydrogen (secondary N) is 1. The number of para-hydroxylation sites is 2. The van der Waals surface area contributed by atoms with Gasteiger partial charge in [-0.05, 0) is 29.8 Å². The molecule has 162 valence electrons. The van der Waals surface area contributed by atoms with Crippen LogP contribution in [0.4, 0.5) is 5.69 Å². The van der Waals surface area contributed by atoms with Crippen LogP contribution in [0.5, 0.6) is 11.5 Å². The van der Waals surface area contributed by atoms with E-state index in [1.54, 1.807) is 28.0 Å². The van der Waals surface area contributed by atoms with E-state index in [0.29, 0.717) is 43.4 Å². The zero-order valence-electron chi connectivity index (χ0n) is 17.4. The summed E-state index contributed by atoms with van der Waals surface area (Å²) in [6, 6.07) is 14.5. The number of carbonyl (C=O) groups excluding carboxylic acids is 3. The lowest BCUT2D eigenvalue weighted by Crippen LogP contribution is -2.55. The van der Waals surface area contributed by atoms with Crippen molar-refractivity contribution in [2.24, 2.45) is 0 Å². The van der Waals surface area contributed by atoms with Crippen LogP contribution in [0.3, 0.4) is 0 Å². The van der Waals surface area contributed by atoms with Crippen LogP contribution < -0.4 is 14.8 Å². The standard InChI is InChI=1S/C23H25N3O5/c1-16(27)24-18-8-6-17(7-9-18)14-22(28)25-10-12-26(13-11-25)23(29)21-15-30-19-4-2-3-5-20(19)31-21/h2-9,21H,10-15H2,1H3,(H,24,27)/t21-/m1/s1. The molecule has 0 spiro atoms. The molecule has 1 N–H and O–H groups in total. The maximum absolute atomic E-state index is 12.8. The quantitative estimate of drug-likeness (QED) is 0.809. The SMILES string of the molecule is CC(=O)Nc1ccc(CC(=O)N2CCN(C(=O)[C@H]3COc4ccccc4O3)CC2)cc1. The molecule has 3 amide bonds. The fourth-order valence-electron chi connectivity index (χ4n) is 3.72. The van der Waals surface area contributed by atoms with Crippen molar-refractivity contribution >= 4 is 23.4 Å². The molecule has 2 heterocycles. The highest BCUT2D eigenvalue weighted by molar-refractivity contribution is 5.88. The summed E-state index contributed by atoms with van der Waals surface area (Å²) in [5.41, 5.74) is 1.58.